The lowest BCUT2D eigenvalue weighted by Gasteiger charge is -2.13. The van der Waals surface area contributed by atoms with Crippen LogP contribution in [0.15, 0.2) is 12.4 Å². The Morgan fingerprint density at radius 2 is 1.63 bits per heavy atom. The third-order valence-corrected chi connectivity index (χ3v) is 6.17. The fourth-order valence-electron chi connectivity index (χ4n) is 4.43. The van der Waals surface area contributed by atoms with Crippen LogP contribution in [0.2, 0.25) is 0 Å². The number of aromatic nitrogens is 6. The molecule has 0 aliphatic carbocycles. The predicted octanol–water partition coefficient (Wildman–Crippen LogP) is 4.77. The quantitative estimate of drug-likeness (QED) is 0.537. The maximum atomic E-state index is 4.95. The van der Waals surface area contributed by atoms with Crippen molar-refractivity contribution in [3.8, 4) is 0 Å². The Kier molecular flexibility index (Phi) is 6.53. The summed E-state index contributed by atoms with van der Waals surface area (Å²) in [6.45, 7) is 13.3. The van der Waals surface area contributed by atoms with E-state index in [0.717, 1.165) is 36.5 Å². The molecule has 0 amide bonds. The molecule has 6 nitrogen and oxygen atoms in total. The van der Waals surface area contributed by atoms with Gasteiger partial charge in [-0.1, -0.05) is 34.6 Å². The van der Waals surface area contributed by atoms with E-state index in [2.05, 4.69) is 82.4 Å². The van der Waals surface area contributed by atoms with Gasteiger partial charge < -0.3 is 4.57 Å². The van der Waals surface area contributed by atoms with E-state index in [9.17, 15) is 0 Å². The second-order valence-electron chi connectivity index (χ2n) is 9.39. The zero-order valence-electron chi connectivity index (χ0n) is 20.2. The molecule has 0 aromatic carbocycles. The van der Waals surface area contributed by atoms with Crippen LogP contribution in [0, 0.1) is 6.92 Å². The minimum absolute atomic E-state index is 0.434. The maximum absolute atomic E-state index is 4.95. The van der Waals surface area contributed by atoms with E-state index >= 15 is 0 Å². The molecule has 30 heavy (non-hydrogen) atoms. The van der Waals surface area contributed by atoms with Gasteiger partial charge in [-0.3, -0.25) is 9.36 Å². The first-order valence-corrected chi connectivity index (χ1v) is 11.1. The third kappa shape index (κ3) is 4.52. The number of hydrogen-bond acceptors (Lipinski definition) is 3. The summed E-state index contributed by atoms with van der Waals surface area (Å²) in [5.74, 6) is 2.44. The fraction of sp³-hybridized carbons (Fsp3) is 0.625. The first kappa shape index (κ1) is 22.3. The summed E-state index contributed by atoms with van der Waals surface area (Å²) in [5.41, 5.74) is 7.53. The molecule has 0 saturated carbocycles. The van der Waals surface area contributed by atoms with Crippen molar-refractivity contribution < 1.29 is 0 Å². The lowest BCUT2D eigenvalue weighted by atomic mass is 9.92. The van der Waals surface area contributed by atoms with Crippen LogP contribution in [0.25, 0.3) is 0 Å². The molecule has 1 unspecified atom stereocenters. The summed E-state index contributed by atoms with van der Waals surface area (Å²) in [7, 11) is 6.16. The van der Waals surface area contributed by atoms with Crippen molar-refractivity contribution in [2.75, 3.05) is 0 Å². The van der Waals surface area contributed by atoms with Crippen LogP contribution in [0.5, 0.6) is 0 Å². The lowest BCUT2D eigenvalue weighted by molar-refractivity contribution is 0.644. The van der Waals surface area contributed by atoms with Gasteiger partial charge in [-0.25, -0.2) is 4.98 Å². The summed E-state index contributed by atoms with van der Waals surface area (Å²) in [6.07, 6.45) is 7.18. The minimum atomic E-state index is 0.434. The molecule has 0 N–H and O–H groups in total. The van der Waals surface area contributed by atoms with Gasteiger partial charge >= 0.3 is 0 Å². The van der Waals surface area contributed by atoms with Crippen molar-refractivity contribution in [1.29, 1.82) is 0 Å². The van der Waals surface area contributed by atoms with Gasteiger partial charge in [0.15, 0.2) is 0 Å². The molecule has 0 spiro atoms. The summed E-state index contributed by atoms with van der Waals surface area (Å²) < 4.78 is 6.16. The van der Waals surface area contributed by atoms with Crippen molar-refractivity contribution in [2.45, 2.75) is 78.6 Å². The van der Waals surface area contributed by atoms with Gasteiger partial charge in [0.1, 0.15) is 5.82 Å². The van der Waals surface area contributed by atoms with Crippen LogP contribution in [-0.2, 0) is 34.0 Å². The highest BCUT2D eigenvalue weighted by atomic mass is 15.3. The molecular weight excluding hydrogens is 372 g/mol. The van der Waals surface area contributed by atoms with Crippen LogP contribution in [0.1, 0.15) is 98.5 Å². The van der Waals surface area contributed by atoms with Crippen molar-refractivity contribution in [3.05, 3.63) is 52.1 Å². The van der Waals surface area contributed by atoms with Crippen LogP contribution in [0.4, 0.5) is 0 Å². The fourth-order valence-corrected chi connectivity index (χ4v) is 4.43. The van der Waals surface area contributed by atoms with E-state index in [4.69, 9.17) is 10.1 Å². The SMILES string of the molecule is Cc1nn(C)cc1C(C)CCc1nn(C)c(Cc2nc(C(C)C)cn2C)c1C(C)C. The van der Waals surface area contributed by atoms with E-state index in [-0.39, 0.29) is 0 Å². The highest BCUT2D eigenvalue weighted by molar-refractivity contribution is 5.33. The second kappa shape index (κ2) is 8.78. The molecular formula is C24H38N6. The van der Waals surface area contributed by atoms with Gasteiger partial charge in [0.05, 0.1) is 17.1 Å². The Bertz CT molecular complexity index is 1000. The second-order valence-corrected chi connectivity index (χ2v) is 9.39. The van der Waals surface area contributed by atoms with E-state index < -0.39 is 0 Å². The first-order chi connectivity index (χ1) is 14.1. The monoisotopic (exact) mass is 410 g/mol. The maximum Gasteiger partial charge on any atom is 0.114 e. The van der Waals surface area contributed by atoms with Crippen molar-refractivity contribution >= 4 is 0 Å². The zero-order valence-corrected chi connectivity index (χ0v) is 20.2. The number of nitrogens with zero attached hydrogens (tertiary/aromatic N) is 6. The smallest absolute Gasteiger partial charge is 0.114 e. The molecule has 0 fully saturated rings. The molecule has 0 saturated heterocycles. The van der Waals surface area contributed by atoms with Crippen molar-refractivity contribution in [3.63, 3.8) is 0 Å². The molecule has 0 aliphatic rings. The standard InChI is InChI=1S/C24H38N6/c1-15(2)21-14-28(7)23(25-21)12-22-24(16(3)4)20(27-30(22)9)11-10-17(5)19-13-29(8)26-18(19)6/h13-17H,10-12H2,1-9H3. The molecule has 0 radical (unpaired) electrons. The van der Waals surface area contributed by atoms with Crippen LogP contribution < -0.4 is 0 Å². The average Bonchev–Trinajstić information content (AvgIpc) is 3.29. The minimum Gasteiger partial charge on any atom is -0.337 e. The van der Waals surface area contributed by atoms with Gasteiger partial charge in [-0.15, -0.1) is 0 Å². The van der Waals surface area contributed by atoms with E-state index in [1.165, 1.54) is 22.5 Å². The Morgan fingerprint density at radius 3 is 2.17 bits per heavy atom. The van der Waals surface area contributed by atoms with Gasteiger partial charge in [0.2, 0.25) is 0 Å². The molecule has 164 valence electrons. The Balaban J connectivity index is 1.84. The Hall–Kier alpha value is -2.37. The number of hydrogen-bond donors (Lipinski definition) is 0. The summed E-state index contributed by atoms with van der Waals surface area (Å²) in [5, 5.41) is 9.46. The third-order valence-electron chi connectivity index (χ3n) is 6.17. The highest BCUT2D eigenvalue weighted by Crippen LogP contribution is 2.29. The van der Waals surface area contributed by atoms with Crippen LogP contribution in [0.3, 0.4) is 0 Å². The van der Waals surface area contributed by atoms with Gasteiger partial charge in [-0.2, -0.15) is 10.2 Å². The molecule has 6 heteroatoms. The van der Waals surface area contributed by atoms with E-state index in [1.54, 1.807) is 0 Å². The predicted molar refractivity (Wildman–Crippen MR) is 122 cm³/mol. The van der Waals surface area contributed by atoms with Crippen molar-refractivity contribution in [2.24, 2.45) is 21.1 Å². The Labute approximate surface area is 181 Å². The topological polar surface area (TPSA) is 53.5 Å². The van der Waals surface area contributed by atoms with Crippen LogP contribution in [-0.4, -0.2) is 29.1 Å². The molecule has 3 aromatic rings. The normalized spacial score (nSPS) is 13.0. The highest BCUT2D eigenvalue weighted by Gasteiger charge is 2.22. The summed E-state index contributed by atoms with van der Waals surface area (Å²) >= 11 is 0. The molecule has 0 bridgehead atoms. The molecule has 3 aromatic heterocycles. The van der Waals surface area contributed by atoms with Crippen LogP contribution >= 0.6 is 0 Å². The summed E-state index contributed by atoms with van der Waals surface area (Å²) in [6, 6.07) is 0. The number of imidazole rings is 1. The molecule has 3 rings (SSSR count). The van der Waals surface area contributed by atoms with E-state index in [0.29, 0.717) is 17.8 Å². The first-order valence-electron chi connectivity index (χ1n) is 11.1. The van der Waals surface area contributed by atoms with Gasteiger partial charge in [0, 0.05) is 45.7 Å². The van der Waals surface area contributed by atoms with E-state index in [1.807, 2.05) is 11.7 Å². The number of aryl methyl sites for hydroxylation is 5. The average molecular weight is 411 g/mol. The molecule has 1 atom stereocenters. The zero-order chi connectivity index (χ0) is 22.2. The Morgan fingerprint density at radius 1 is 0.933 bits per heavy atom. The molecule has 3 heterocycles. The number of rotatable bonds is 8. The largest absolute Gasteiger partial charge is 0.337 e. The van der Waals surface area contributed by atoms with Gasteiger partial charge in [0.25, 0.3) is 0 Å². The van der Waals surface area contributed by atoms with Crippen molar-refractivity contribution in [1.82, 2.24) is 29.1 Å². The van der Waals surface area contributed by atoms with Gasteiger partial charge in [-0.05, 0) is 48.6 Å². The molecule has 0 aliphatic heterocycles. The summed E-state index contributed by atoms with van der Waals surface area (Å²) in [4.78, 5) is 4.89. The lowest BCUT2D eigenvalue weighted by Crippen LogP contribution is -2.07.